The molecule has 0 spiro atoms. The summed E-state index contributed by atoms with van der Waals surface area (Å²) in [5, 5.41) is 29.2. The number of allylic oxidation sites excluding steroid dienone is 2. The molecule has 1 rings (SSSR count). The Morgan fingerprint density at radius 2 is 2.04 bits per heavy atom. The number of carbonyl (C=O) groups excluding carboxylic acids is 1. The number of Topliss-reactive ketones (excluding diaryl/α,β-unsaturated/α-hetero) is 1. The fraction of sp³-hybridized carbons (Fsp3) is 0.727. The number of hydrogen-bond donors (Lipinski definition) is 3. The second-order valence-electron chi connectivity index (χ2n) is 7.76. The van der Waals surface area contributed by atoms with Crippen molar-refractivity contribution in [2.75, 3.05) is 13.7 Å². The number of carbonyl (C=O) groups is 2. The fourth-order valence-electron chi connectivity index (χ4n) is 3.57. The molecule has 6 heteroatoms. The number of carboxylic acid groups (broad SMARTS) is 1. The van der Waals surface area contributed by atoms with Gasteiger partial charge in [0, 0.05) is 38.4 Å². The van der Waals surface area contributed by atoms with E-state index in [1.807, 2.05) is 19.1 Å². The summed E-state index contributed by atoms with van der Waals surface area (Å²) in [6.45, 7) is 2.72. The lowest BCUT2D eigenvalue weighted by atomic mass is 9.89. The highest BCUT2D eigenvalue weighted by atomic mass is 16.5. The molecule has 0 unspecified atom stereocenters. The molecular weight excluding hydrogens is 360 g/mol. The van der Waals surface area contributed by atoms with E-state index >= 15 is 0 Å². The summed E-state index contributed by atoms with van der Waals surface area (Å²) in [5.74, 6) is -1.23. The van der Waals surface area contributed by atoms with Gasteiger partial charge in [0.25, 0.3) is 0 Å². The van der Waals surface area contributed by atoms with E-state index in [0.29, 0.717) is 19.3 Å². The Bertz CT molecular complexity index is 527. The summed E-state index contributed by atoms with van der Waals surface area (Å²) >= 11 is 0. The van der Waals surface area contributed by atoms with Crippen LogP contribution in [0.3, 0.4) is 0 Å². The van der Waals surface area contributed by atoms with Crippen LogP contribution in [-0.4, -0.2) is 53.0 Å². The van der Waals surface area contributed by atoms with Crippen molar-refractivity contribution in [3.8, 4) is 0 Å². The van der Waals surface area contributed by atoms with E-state index in [2.05, 4.69) is 0 Å². The Kier molecular flexibility index (Phi) is 12.0. The second kappa shape index (κ2) is 13.6. The maximum absolute atomic E-state index is 12.2. The lowest BCUT2D eigenvalue weighted by Crippen LogP contribution is -2.20. The number of aliphatic hydroxyl groups is 2. The van der Waals surface area contributed by atoms with E-state index in [9.17, 15) is 19.8 Å². The molecule has 0 aromatic rings. The lowest BCUT2D eigenvalue weighted by Gasteiger charge is -2.19. The summed E-state index contributed by atoms with van der Waals surface area (Å²) in [4.78, 5) is 22.7. The summed E-state index contributed by atoms with van der Waals surface area (Å²) in [6, 6.07) is 0. The Morgan fingerprint density at radius 3 is 2.71 bits per heavy atom. The molecule has 0 aliphatic heterocycles. The number of unbranched alkanes of at least 4 members (excludes halogenated alkanes) is 2. The monoisotopic (exact) mass is 396 g/mol. The number of aliphatic hydroxyl groups excluding tert-OH is 2. The van der Waals surface area contributed by atoms with Crippen molar-refractivity contribution >= 4 is 11.8 Å². The van der Waals surface area contributed by atoms with Gasteiger partial charge in [-0.15, -0.1) is 0 Å². The SMILES string of the molecule is COCCCC[C@H](C)[C@H](O)/C=C/[C@H]1[C@H](O)CC(=O)[C@@H]1C/C=C\CCCC(=O)O. The van der Waals surface area contributed by atoms with Gasteiger partial charge in [-0.25, -0.2) is 0 Å². The average Bonchev–Trinajstić information content (AvgIpc) is 2.91. The zero-order chi connectivity index (χ0) is 20.9. The van der Waals surface area contributed by atoms with Gasteiger partial charge in [-0.2, -0.15) is 0 Å². The Hall–Kier alpha value is -1.50. The summed E-state index contributed by atoms with van der Waals surface area (Å²) in [5.41, 5.74) is 0. The minimum atomic E-state index is -0.806. The molecule has 1 fully saturated rings. The number of carboxylic acids is 1. The van der Waals surface area contributed by atoms with Crippen molar-refractivity contribution in [1.29, 1.82) is 0 Å². The third kappa shape index (κ3) is 9.13. The molecule has 0 saturated heterocycles. The number of rotatable bonds is 14. The summed E-state index contributed by atoms with van der Waals surface area (Å²) in [7, 11) is 1.68. The number of ether oxygens (including phenoxy) is 1. The van der Waals surface area contributed by atoms with Gasteiger partial charge in [-0.3, -0.25) is 9.59 Å². The first-order valence-corrected chi connectivity index (χ1v) is 10.3. The normalized spacial score (nSPS) is 25.0. The van der Waals surface area contributed by atoms with Crippen LogP contribution < -0.4 is 0 Å². The molecule has 1 aliphatic rings. The summed E-state index contributed by atoms with van der Waals surface area (Å²) in [6.07, 6.45) is 10.9. The van der Waals surface area contributed by atoms with Gasteiger partial charge in [0.1, 0.15) is 5.78 Å². The predicted octanol–water partition coefficient (Wildman–Crippen LogP) is 3.12. The van der Waals surface area contributed by atoms with Crippen LogP contribution in [0.25, 0.3) is 0 Å². The maximum Gasteiger partial charge on any atom is 0.303 e. The average molecular weight is 397 g/mol. The minimum Gasteiger partial charge on any atom is -0.481 e. The highest BCUT2D eigenvalue weighted by Crippen LogP contribution is 2.33. The van der Waals surface area contributed by atoms with E-state index in [1.54, 1.807) is 19.3 Å². The van der Waals surface area contributed by atoms with Crippen molar-refractivity contribution in [3.05, 3.63) is 24.3 Å². The summed E-state index contributed by atoms with van der Waals surface area (Å²) < 4.78 is 5.03. The number of ketones is 1. The first kappa shape index (κ1) is 24.5. The van der Waals surface area contributed by atoms with E-state index < -0.39 is 18.2 Å². The number of hydrogen-bond acceptors (Lipinski definition) is 5. The van der Waals surface area contributed by atoms with Gasteiger partial charge in [-0.1, -0.05) is 37.6 Å². The molecule has 3 N–H and O–H groups in total. The van der Waals surface area contributed by atoms with Crippen molar-refractivity contribution < 1.29 is 29.6 Å². The van der Waals surface area contributed by atoms with Crippen LogP contribution in [0.4, 0.5) is 0 Å². The van der Waals surface area contributed by atoms with E-state index in [4.69, 9.17) is 9.84 Å². The van der Waals surface area contributed by atoms with E-state index in [1.165, 1.54) is 0 Å². The van der Waals surface area contributed by atoms with Gasteiger partial charge >= 0.3 is 5.97 Å². The molecule has 5 atom stereocenters. The number of aliphatic carboxylic acids is 1. The van der Waals surface area contributed by atoms with E-state index in [-0.39, 0.29) is 36.4 Å². The highest BCUT2D eigenvalue weighted by molar-refractivity contribution is 5.84. The zero-order valence-corrected chi connectivity index (χ0v) is 17.1. The molecule has 0 aromatic carbocycles. The van der Waals surface area contributed by atoms with Crippen LogP contribution in [0.15, 0.2) is 24.3 Å². The van der Waals surface area contributed by atoms with E-state index in [0.717, 1.165) is 25.9 Å². The first-order chi connectivity index (χ1) is 13.4. The molecule has 0 heterocycles. The van der Waals surface area contributed by atoms with Crippen molar-refractivity contribution in [2.24, 2.45) is 17.8 Å². The minimum absolute atomic E-state index is 0.0411. The van der Waals surface area contributed by atoms with Crippen molar-refractivity contribution in [2.45, 2.75) is 70.5 Å². The highest BCUT2D eigenvalue weighted by Gasteiger charge is 2.39. The Balaban J connectivity index is 2.50. The van der Waals surface area contributed by atoms with Crippen molar-refractivity contribution in [3.63, 3.8) is 0 Å². The van der Waals surface area contributed by atoms with Gasteiger partial charge in [0.15, 0.2) is 0 Å². The van der Waals surface area contributed by atoms with Gasteiger partial charge in [-0.05, 0) is 38.0 Å². The molecular formula is C22H36O6. The van der Waals surface area contributed by atoms with Crippen molar-refractivity contribution in [1.82, 2.24) is 0 Å². The molecule has 0 aromatic heterocycles. The third-order valence-electron chi connectivity index (χ3n) is 5.42. The molecule has 0 amide bonds. The van der Waals surface area contributed by atoms with Gasteiger partial charge in [0.2, 0.25) is 0 Å². The standard InChI is InChI=1S/C22H36O6/c1-16(9-7-8-14-28-2)19(23)13-12-18-17(20(24)15-21(18)25)10-5-3-4-6-11-22(26)27/h3,5,12-13,16-19,21,23,25H,4,6-11,14-15H2,1-2H3,(H,26,27)/b5-3-,13-12+/t16-,17+,18+,19+,21+/m0/s1. The quantitative estimate of drug-likeness (QED) is 0.308. The molecule has 0 bridgehead atoms. The number of methoxy groups -OCH3 is 1. The molecule has 1 saturated carbocycles. The molecule has 6 nitrogen and oxygen atoms in total. The lowest BCUT2D eigenvalue weighted by molar-refractivity contribution is -0.137. The molecule has 28 heavy (non-hydrogen) atoms. The predicted molar refractivity (Wildman–Crippen MR) is 108 cm³/mol. The maximum atomic E-state index is 12.2. The smallest absolute Gasteiger partial charge is 0.303 e. The van der Waals surface area contributed by atoms with Crippen LogP contribution in [0, 0.1) is 17.8 Å². The van der Waals surface area contributed by atoms with Crippen LogP contribution >= 0.6 is 0 Å². The molecule has 0 radical (unpaired) electrons. The Labute approximate surface area is 168 Å². The topological polar surface area (TPSA) is 104 Å². The van der Waals surface area contributed by atoms with Crippen LogP contribution in [-0.2, 0) is 14.3 Å². The van der Waals surface area contributed by atoms with Crippen LogP contribution in [0.2, 0.25) is 0 Å². The molecule has 1 aliphatic carbocycles. The zero-order valence-electron chi connectivity index (χ0n) is 17.1. The first-order valence-electron chi connectivity index (χ1n) is 10.3. The van der Waals surface area contributed by atoms with Crippen LogP contribution in [0.5, 0.6) is 0 Å². The third-order valence-corrected chi connectivity index (χ3v) is 5.42. The van der Waals surface area contributed by atoms with Crippen LogP contribution in [0.1, 0.15) is 58.3 Å². The second-order valence-corrected chi connectivity index (χ2v) is 7.76. The fourth-order valence-corrected chi connectivity index (χ4v) is 3.57. The molecule has 160 valence electrons. The Morgan fingerprint density at radius 1 is 1.29 bits per heavy atom. The van der Waals surface area contributed by atoms with Gasteiger partial charge in [0.05, 0.1) is 12.2 Å². The van der Waals surface area contributed by atoms with Gasteiger partial charge < -0.3 is 20.1 Å². The largest absolute Gasteiger partial charge is 0.481 e.